The fourth-order valence-corrected chi connectivity index (χ4v) is 3.53. The lowest BCUT2D eigenvalue weighted by Gasteiger charge is -2.30. The Hall–Kier alpha value is -1.14. The second-order valence-electron chi connectivity index (χ2n) is 5.02. The molecule has 0 aliphatic heterocycles. The van der Waals surface area contributed by atoms with Crippen molar-refractivity contribution in [3.63, 3.8) is 0 Å². The summed E-state index contributed by atoms with van der Waals surface area (Å²) in [5, 5.41) is 0. The standard InChI is InChI=1S/C13H21N3O2S/c1-19(17,18)12-7-4-9-15-13(12)16(10-8-14)11-5-2-3-6-11/h4,7,9,11H,2-3,5-6,8,10,14H2,1H3. The molecule has 6 heteroatoms. The zero-order valence-electron chi connectivity index (χ0n) is 11.2. The van der Waals surface area contributed by atoms with E-state index in [1.165, 1.54) is 19.1 Å². The molecule has 2 N–H and O–H groups in total. The molecule has 19 heavy (non-hydrogen) atoms. The first-order valence-corrected chi connectivity index (χ1v) is 8.55. The number of anilines is 1. The molecule has 1 aliphatic rings. The van der Waals surface area contributed by atoms with Gasteiger partial charge < -0.3 is 10.6 Å². The SMILES string of the molecule is CS(=O)(=O)c1cccnc1N(CCN)C1CCCC1. The van der Waals surface area contributed by atoms with E-state index in [4.69, 9.17) is 5.73 Å². The molecular formula is C13H21N3O2S. The number of nitrogens with two attached hydrogens (primary N) is 1. The van der Waals surface area contributed by atoms with Crippen LogP contribution in [0.2, 0.25) is 0 Å². The minimum Gasteiger partial charge on any atom is -0.351 e. The zero-order chi connectivity index (χ0) is 13.9. The maximum Gasteiger partial charge on any atom is 0.179 e. The van der Waals surface area contributed by atoms with Crippen LogP contribution in [-0.2, 0) is 9.84 Å². The number of rotatable bonds is 5. The van der Waals surface area contributed by atoms with Gasteiger partial charge in [0.25, 0.3) is 0 Å². The van der Waals surface area contributed by atoms with Crippen LogP contribution in [-0.4, -0.2) is 38.8 Å². The van der Waals surface area contributed by atoms with Crippen LogP contribution < -0.4 is 10.6 Å². The molecule has 0 unspecified atom stereocenters. The van der Waals surface area contributed by atoms with Crippen molar-refractivity contribution in [1.29, 1.82) is 0 Å². The Bertz CT molecular complexity index is 524. The van der Waals surface area contributed by atoms with Crippen molar-refractivity contribution in [3.05, 3.63) is 18.3 Å². The smallest absolute Gasteiger partial charge is 0.179 e. The van der Waals surface area contributed by atoms with Crippen molar-refractivity contribution < 1.29 is 8.42 Å². The minimum atomic E-state index is -3.27. The molecule has 2 rings (SSSR count). The van der Waals surface area contributed by atoms with Crippen LogP contribution in [0.4, 0.5) is 5.82 Å². The van der Waals surface area contributed by atoms with Gasteiger partial charge >= 0.3 is 0 Å². The number of nitrogens with zero attached hydrogens (tertiary/aromatic N) is 2. The molecule has 0 amide bonds. The van der Waals surface area contributed by atoms with E-state index < -0.39 is 9.84 Å². The molecular weight excluding hydrogens is 262 g/mol. The second-order valence-corrected chi connectivity index (χ2v) is 7.00. The molecule has 0 bridgehead atoms. The predicted octanol–water partition coefficient (Wildman–Crippen LogP) is 1.19. The normalized spacial score (nSPS) is 16.7. The Kier molecular flexibility index (Phi) is 4.42. The first-order chi connectivity index (χ1) is 9.04. The van der Waals surface area contributed by atoms with Gasteiger partial charge in [-0.05, 0) is 25.0 Å². The third kappa shape index (κ3) is 3.25. The Morgan fingerprint density at radius 3 is 2.68 bits per heavy atom. The van der Waals surface area contributed by atoms with E-state index in [9.17, 15) is 8.42 Å². The summed E-state index contributed by atoms with van der Waals surface area (Å²) < 4.78 is 23.8. The molecule has 0 spiro atoms. The van der Waals surface area contributed by atoms with E-state index in [0.717, 1.165) is 12.8 Å². The maximum absolute atomic E-state index is 11.9. The first-order valence-electron chi connectivity index (χ1n) is 6.66. The van der Waals surface area contributed by atoms with Gasteiger partial charge in [-0.15, -0.1) is 0 Å². The van der Waals surface area contributed by atoms with Crippen LogP contribution in [0.1, 0.15) is 25.7 Å². The van der Waals surface area contributed by atoms with Crippen LogP contribution in [0.15, 0.2) is 23.2 Å². The number of hydrogen-bond acceptors (Lipinski definition) is 5. The highest BCUT2D eigenvalue weighted by Gasteiger charge is 2.27. The quantitative estimate of drug-likeness (QED) is 0.878. The van der Waals surface area contributed by atoms with Crippen LogP contribution in [0.5, 0.6) is 0 Å². The Morgan fingerprint density at radius 1 is 1.42 bits per heavy atom. The van der Waals surface area contributed by atoms with Crippen LogP contribution in [0, 0.1) is 0 Å². The first kappa shape index (κ1) is 14.3. The largest absolute Gasteiger partial charge is 0.351 e. The number of sulfone groups is 1. The summed E-state index contributed by atoms with van der Waals surface area (Å²) in [6, 6.07) is 3.64. The Labute approximate surface area is 114 Å². The molecule has 1 heterocycles. The van der Waals surface area contributed by atoms with Crippen LogP contribution in [0.3, 0.4) is 0 Å². The third-order valence-corrected chi connectivity index (χ3v) is 4.68. The summed E-state index contributed by atoms with van der Waals surface area (Å²) in [5.74, 6) is 0.558. The molecule has 0 atom stereocenters. The number of pyridine rings is 1. The van der Waals surface area contributed by atoms with Gasteiger partial charge in [-0.2, -0.15) is 0 Å². The van der Waals surface area contributed by atoms with Gasteiger partial charge in [0.05, 0.1) is 0 Å². The van der Waals surface area contributed by atoms with Gasteiger partial charge in [-0.25, -0.2) is 13.4 Å². The van der Waals surface area contributed by atoms with E-state index in [1.54, 1.807) is 18.3 Å². The maximum atomic E-state index is 11.9. The van der Waals surface area contributed by atoms with Gasteiger partial charge in [0, 0.05) is 31.6 Å². The van der Waals surface area contributed by atoms with Gasteiger partial charge in [0.15, 0.2) is 9.84 Å². The summed E-state index contributed by atoms with van der Waals surface area (Å²) in [6.45, 7) is 1.14. The lowest BCUT2D eigenvalue weighted by Crippen LogP contribution is -2.38. The summed E-state index contributed by atoms with van der Waals surface area (Å²) in [7, 11) is -3.27. The highest BCUT2D eigenvalue weighted by atomic mass is 32.2. The van der Waals surface area contributed by atoms with Gasteiger partial charge in [-0.3, -0.25) is 0 Å². The topological polar surface area (TPSA) is 76.3 Å². The average molecular weight is 283 g/mol. The molecule has 5 nitrogen and oxygen atoms in total. The van der Waals surface area contributed by atoms with E-state index in [-0.39, 0.29) is 0 Å². The second kappa shape index (κ2) is 5.88. The fourth-order valence-electron chi connectivity index (χ4n) is 2.70. The lowest BCUT2D eigenvalue weighted by atomic mass is 10.2. The monoisotopic (exact) mass is 283 g/mol. The fraction of sp³-hybridized carbons (Fsp3) is 0.615. The zero-order valence-corrected chi connectivity index (χ0v) is 12.1. The molecule has 0 aromatic carbocycles. The highest BCUT2D eigenvalue weighted by Crippen LogP contribution is 2.30. The summed E-state index contributed by atoms with van der Waals surface area (Å²) in [6.07, 6.45) is 7.41. The van der Waals surface area contributed by atoms with E-state index in [1.807, 2.05) is 0 Å². The Morgan fingerprint density at radius 2 is 2.11 bits per heavy atom. The van der Waals surface area contributed by atoms with Crippen molar-refractivity contribution in [2.75, 3.05) is 24.2 Å². The van der Waals surface area contributed by atoms with Crippen molar-refractivity contribution >= 4 is 15.7 Å². The van der Waals surface area contributed by atoms with Crippen molar-refractivity contribution in [3.8, 4) is 0 Å². The van der Waals surface area contributed by atoms with E-state index >= 15 is 0 Å². The van der Waals surface area contributed by atoms with E-state index in [2.05, 4.69) is 9.88 Å². The van der Waals surface area contributed by atoms with Gasteiger partial charge in [0.1, 0.15) is 10.7 Å². The van der Waals surface area contributed by atoms with Gasteiger partial charge in [0.2, 0.25) is 0 Å². The molecule has 1 aromatic rings. The highest BCUT2D eigenvalue weighted by molar-refractivity contribution is 7.90. The minimum absolute atomic E-state index is 0.301. The van der Waals surface area contributed by atoms with E-state index in [0.29, 0.717) is 29.8 Å². The third-order valence-electron chi connectivity index (χ3n) is 3.56. The van der Waals surface area contributed by atoms with Crippen molar-refractivity contribution in [2.45, 2.75) is 36.6 Å². The molecule has 1 fully saturated rings. The lowest BCUT2D eigenvalue weighted by molar-refractivity contribution is 0.586. The van der Waals surface area contributed by atoms with Crippen LogP contribution in [0.25, 0.3) is 0 Å². The van der Waals surface area contributed by atoms with Crippen molar-refractivity contribution in [2.24, 2.45) is 5.73 Å². The molecule has 0 saturated heterocycles. The number of aromatic nitrogens is 1. The average Bonchev–Trinajstić information content (AvgIpc) is 2.88. The Balaban J connectivity index is 2.41. The molecule has 106 valence electrons. The summed E-state index contributed by atoms with van der Waals surface area (Å²) >= 11 is 0. The molecule has 1 saturated carbocycles. The summed E-state index contributed by atoms with van der Waals surface area (Å²) in [5.41, 5.74) is 5.67. The van der Waals surface area contributed by atoms with Crippen molar-refractivity contribution in [1.82, 2.24) is 4.98 Å². The predicted molar refractivity (Wildman–Crippen MR) is 76.0 cm³/mol. The summed E-state index contributed by atoms with van der Waals surface area (Å²) in [4.78, 5) is 6.67. The van der Waals surface area contributed by atoms with Crippen LogP contribution >= 0.6 is 0 Å². The molecule has 1 aromatic heterocycles. The molecule has 0 radical (unpaired) electrons. The number of hydrogen-bond donors (Lipinski definition) is 1. The van der Waals surface area contributed by atoms with Gasteiger partial charge in [-0.1, -0.05) is 12.8 Å². The molecule has 1 aliphatic carbocycles.